The van der Waals surface area contributed by atoms with Gasteiger partial charge < -0.3 is 15.2 Å². The highest BCUT2D eigenvalue weighted by Gasteiger charge is 2.09. The van der Waals surface area contributed by atoms with Crippen LogP contribution in [0.4, 0.5) is 5.69 Å². The second-order valence-corrected chi connectivity index (χ2v) is 4.32. The molecule has 2 N–H and O–H groups in total. The number of hydrogen-bond acceptors (Lipinski definition) is 3. The maximum atomic E-state index is 12.0. The van der Waals surface area contributed by atoms with Crippen molar-refractivity contribution in [2.75, 3.05) is 11.9 Å². The lowest BCUT2D eigenvalue weighted by molar-refractivity contribution is 0.101. The number of rotatable bonds is 5. The molecule has 0 atom stereocenters. The molecule has 0 radical (unpaired) electrons. The molecule has 1 aromatic carbocycles. The van der Waals surface area contributed by atoms with Gasteiger partial charge in [0.15, 0.2) is 0 Å². The molecule has 0 aliphatic rings. The van der Waals surface area contributed by atoms with Crippen molar-refractivity contribution in [1.82, 2.24) is 14.9 Å². The zero-order valence-corrected chi connectivity index (χ0v) is 12.4. The number of hydrogen-bond donors (Lipinski definition) is 2. The molecule has 0 bridgehead atoms. The molecule has 0 aliphatic heterocycles. The minimum absolute atomic E-state index is 0. The molecular formula is C14H19ClN4O. The molecule has 2 rings (SSSR count). The molecule has 1 heterocycles. The molecule has 20 heavy (non-hydrogen) atoms. The largest absolute Gasteiger partial charge is 0.330 e. The van der Waals surface area contributed by atoms with E-state index in [-0.39, 0.29) is 18.3 Å². The summed E-state index contributed by atoms with van der Waals surface area (Å²) in [6, 6.07) is 7.81. The van der Waals surface area contributed by atoms with Crippen molar-refractivity contribution in [3.63, 3.8) is 0 Å². The number of halogens is 1. The number of nitrogens with zero attached hydrogens (tertiary/aromatic N) is 2. The molecule has 2 aromatic rings. The van der Waals surface area contributed by atoms with Crippen molar-refractivity contribution in [1.29, 1.82) is 0 Å². The Morgan fingerprint density at radius 1 is 1.40 bits per heavy atom. The van der Waals surface area contributed by atoms with Crippen LogP contribution >= 0.6 is 12.4 Å². The van der Waals surface area contributed by atoms with Crippen LogP contribution in [0, 0.1) is 0 Å². The maximum Gasteiger partial charge on any atom is 0.273 e. The van der Waals surface area contributed by atoms with E-state index < -0.39 is 0 Å². The van der Waals surface area contributed by atoms with E-state index in [0.717, 1.165) is 24.3 Å². The monoisotopic (exact) mass is 294 g/mol. The highest BCUT2D eigenvalue weighted by atomic mass is 35.5. The summed E-state index contributed by atoms with van der Waals surface area (Å²) in [6.45, 7) is 3.78. The first-order chi connectivity index (χ1) is 9.20. The lowest BCUT2D eigenvalue weighted by Gasteiger charge is -2.08. The summed E-state index contributed by atoms with van der Waals surface area (Å²) in [5.74, 6) is -0.152. The fraction of sp³-hybridized carbons (Fsp3) is 0.286. The van der Waals surface area contributed by atoms with Crippen LogP contribution in [-0.4, -0.2) is 22.0 Å². The number of benzene rings is 1. The van der Waals surface area contributed by atoms with Gasteiger partial charge in [-0.2, -0.15) is 0 Å². The van der Waals surface area contributed by atoms with Gasteiger partial charge in [0.25, 0.3) is 5.91 Å². The van der Waals surface area contributed by atoms with Gasteiger partial charge in [-0.05, 0) is 24.2 Å². The third-order valence-electron chi connectivity index (χ3n) is 2.81. The first-order valence-electron chi connectivity index (χ1n) is 6.28. The van der Waals surface area contributed by atoms with Crippen LogP contribution in [0.25, 0.3) is 0 Å². The van der Waals surface area contributed by atoms with Crippen molar-refractivity contribution in [2.45, 2.75) is 13.5 Å². The van der Waals surface area contributed by atoms with Crippen LogP contribution in [0.2, 0.25) is 0 Å². The smallest absolute Gasteiger partial charge is 0.273 e. The van der Waals surface area contributed by atoms with E-state index >= 15 is 0 Å². The molecule has 5 nitrogen and oxygen atoms in total. The molecule has 1 aromatic heterocycles. The Bertz CT molecular complexity index is 568. The Hall–Kier alpha value is -1.85. The fourth-order valence-electron chi connectivity index (χ4n) is 1.80. The van der Waals surface area contributed by atoms with Gasteiger partial charge in [0.2, 0.25) is 0 Å². The summed E-state index contributed by atoms with van der Waals surface area (Å²) in [7, 11) is 1.80. The SMILES string of the molecule is CCNCc1cccc(NC(=O)c2cncn2C)c1.Cl. The van der Waals surface area contributed by atoms with Gasteiger partial charge in [0, 0.05) is 19.3 Å². The predicted octanol–water partition coefficient (Wildman–Crippen LogP) is 2.20. The van der Waals surface area contributed by atoms with Gasteiger partial charge in [-0.15, -0.1) is 12.4 Å². The number of carbonyl (C=O) groups excluding carboxylic acids is 1. The highest BCUT2D eigenvalue weighted by Crippen LogP contribution is 2.12. The number of imidazole rings is 1. The van der Waals surface area contributed by atoms with Gasteiger partial charge in [-0.3, -0.25) is 4.79 Å². The number of aryl methyl sites for hydroxylation is 1. The average molecular weight is 295 g/mol. The van der Waals surface area contributed by atoms with E-state index in [0.29, 0.717) is 5.69 Å². The first-order valence-corrected chi connectivity index (χ1v) is 6.28. The standard InChI is InChI=1S/C14H18N4O.ClH/c1-3-15-8-11-5-4-6-12(7-11)17-14(19)13-9-16-10-18(13)2;/h4-7,9-10,15H,3,8H2,1-2H3,(H,17,19);1H. The third kappa shape index (κ3) is 4.08. The Kier molecular flexibility index (Phi) is 6.21. The van der Waals surface area contributed by atoms with Crippen LogP contribution in [-0.2, 0) is 13.6 Å². The maximum absolute atomic E-state index is 12.0. The first kappa shape index (κ1) is 16.2. The highest BCUT2D eigenvalue weighted by molar-refractivity contribution is 6.02. The van der Waals surface area contributed by atoms with E-state index in [1.165, 1.54) is 0 Å². The van der Waals surface area contributed by atoms with Gasteiger partial charge in [0.05, 0.1) is 12.5 Å². The Balaban J connectivity index is 0.00000200. The Morgan fingerprint density at radius 2 is 2.20 bits per heavy atom. The number of amides is 1. The molecule has 0 saturated carbocycles. The molecule has 0 fully saturated rings. The molecule has 108 valence electrons. The predicted molar refractivity (Wildman–Crippen MR) is 82.2 cm³/mol. The van der Waals surface area contributed by atoms with E-state index in [2.05, 4.69) is 22.5 Å². The summed E-state index contributed by atoms with van der Waals surface area (Å²) in [5.41, 5.74) is 2.48. The number of nitrogens with one attached hydrogen (secondary N) is 2. The van der Waals surface area contributed by atoms with Crippen molar-refractivity contribution in [2.24, 2.45) is 7.05 Å². The minimum Gasteiger partial charge on any atom is -0.330 e. The average Bonchev–Trinajstić information content (AvgIpc) is 2.83. The van der Waals surface area contributed by atoms with Crippen molar-refractivity contribution >= 4 is 24.0 Å². The van der Waals surface area contributed by atoms with Crippen LogP contribution < -0.4 is 10.6 Å². The van der Waals surface area contributed by atoms with Crippen molar-refractivity contribution in [3.05, 3.63) is 48.0 Å². The molecule has 1 amide bonds. The van der Waals surface area contributed by atoms with Crippen LogP contribution in [0.15, 0.2) is 36.8 Å². The van der Waals surface area contributed by atoms with E-state index in [1.807, 2.05) is 24.3 Å². The molecular weight excluding hydrogens is 276 g/mol. The van der Waals surface area contributed by atoms with Crippen molar-refractivity contribution < 1.29 is 4.79 Å². The zero-order valence-electron chi connectivity index (χ0n) is 11.6. The van der Waals surface area contributed by atoms with Crippen LogP contribution in [0.1, 0.15) is 23.0 Å². The van der Waals surface area contributed by atoms with Gasteiger partial charge in [-0.25, -0.2) is 4.98 Å². The summed E-state index contributed by atoms with van der Waals surface area (Å²) in [4.78, 5) is 16.0. The Labute approximate surface area is 124 Å². The molecule has 0 unspecified atom stereocenters. The number of anilines is 1. The Morgan fingerprint density at radius 3 is 2.85 bits per heavy atom. The quantitative estimate of drug-likeness (QED) is 0.889. The second-order valence-electron chi connectivity index (χ2n) is 4.32. The van der Waals surface area contributed by atoms with E-state index in [1.54, 1.807) is 24.1 Å². The van der Waals surface area contributed by atoms with E-state index in [4.69, 9.17) is 0 Å². The molecule has 0 aliphatic carbocycles. The minimum atomic E-state index is -0.152. The van der Waals surface area contributed by atoms with E-state index in [9.17, 15) is 4.79 Å². The lowest BCUT2D eigenvalue weighted by Crippen LogP contribution is -2.16. The number of aromatic nitrogens is 2. The zero-order chi connectivity index (χ0) is 13.7. The third-order valence-corrected chi connectivity index (χ3v) is 2.81. The van der Waals surface area contributed by atoms with Gasteiger partial charge in [0.1, 0.15) is 5.69 Å². The van der Waals surface area contributed by atoms with Gasteiger partial charge in [-0.1, -0.05) is 19.1 Å². The van der Waals surface area contributed by atoms with Crippen LogP contribution in [0.5, 0.6) is 0 Å². The summed E-state index contributed by atoms with van der Waals surface area (Å²) in [5, 5.41) is 6.13. The number of carbonyl (C=O) groups is 1. The lowest BCUT2D eigenvalue weighted by atomic mass is 10.2. The summed E-state index contributed by atoms with van der Waals surface area (Å²) < 4.78 is 1.69. The summed E-state index contributed by atoms with van der Waals surface area (Å²) >= 11 is 0. The summed E-state index contributed by atoms with van der Waals surface area (Å²) in [6.07, 6.45) is 3.16. The molecule has 0 spiro atoms. The topological polar surface area (TPSA) is 58.9 Å². The van der Waals surface area contributed by atoms with Crippen molar-refractivity contribution in [3.8, 4) is 0 Å². The van der Waals surface area contributed by atoms with Crippen LogP contribution in [0.3, 0.4) is 0 Å². The molecule has 0 saturated heterocycles. The normalized spacial score (nSPS) is 9.90. The van der Waals surface area contributed by atoms with Gasteiger partial charge >= 0.3 is 0 Å². The second kappa shape index (κ2) is 7.67. The molecule has 6 heteroatoms. The fourth-order valence-corrected chi connectivity index (χ4v) is 1.80.